The molecule has 4 heteroatoms. The van der Waals surface area contributed by atoms with Crippen LogP contribution in [0.5, 0.6) is 0 Å². The van der Waals surface area contributed by atoms with E-state index in [1.165, 1.54) is 44.1 Å². The number of aryl methyl sites for hydroxylation is 1. The Kier molecular flexibility index (Phi) is 10.3. The second kappa shape index (κ2) is 11.8. The van der Waals surface area contributed by atoms with Gasteiger partial charge in [0.2, 0.25) is 0 Å². The average Bonchev–Trinajstić information content (AvgIpc) is 2.50. The molecule has 2 nitrogen and oxygen atoms in total. The molecule has 0 aromatic heterocycles. The highest BCUT2D eigenvalue weighted by Crippen LogP contribution is 2.15. The van der Waals surface area contributed by atoms with Crippen LogP contribution in [0.2, 0.25) is 5.02 Å². The van der Waals surface area contributed by atoms with Crippen LogP contribution in [0.3, 0.4) is 0 Å². The second-order valence-corrected chi connectivity index (χ2v) is 6.76. The van der Waals surface area contributed by atoms with E-state index in [0.717, 1.165) is 24.3 Å². The van der Waals surface area contributed by atoms with Gasteiger partial charge in [-0.3, -0.25) is 4.79 Å². The maximum absolute atomic E-state index is 10.5. The zero-order chi connectivity index (χ0) is 16.2. The predicted octanol–water partition coefficient (Wildman–Crippen LogP) is 6.09. The molecule has 0 radical (unpaired) electrons. The Bertz CT molecular complexity index is 418. The number of hydrogen-bond donors (Lipinski definition) is 1. The molecule has 22 heavy (non-hydrogen) atoms. The van der Waals surface area contributed by atoms with Gasteiger partial charge in [-0.1, -0.05) is 68.7 Å². The molecule has 0 aliphatic heterocycles. The summed E-state index contributed by atoms with van der Waals surface area (Å²) < 4.78 is 0. The van der Waals surface area contributed by atoms with E-state index < -0.39 is 11.3 Å². The van der Waals surface area contributed by atoms with Crippen LogP contribution in [0.25, 0.3) is 0 Å². The number of rotatable bonds is 12. The van der Waals surface area contributed by atoms with Gasteiger partial charge in [-0.05, 0) is 37.0 Å². The first-order valence-corrected chi connectivity index (χ1v) is 9.02. The van der Waals surface area contributed by atoms with Gasteiger partial charge in [0.15, 0.2) is 0 Å². The molecule has 1 atom stereocenters. The van der Waals surface area contributed by atoms with Crippen molar-refractivity contribution in [3.05, 3.63) is 34.9 Å². The lowest BCUT2D eigenvalue weighted by Gasteiger charge is -2.05. The number of aliphatic carboxylic acids is 1. The van der Waals surface area contributed by atoms with Gasteiger partial charge in [0.1, 0.15) is 5.38 Å². The fourth-order valence-electron chi connectivity index (χ4n) is 2.49. The summed E-state index contributed by atoms with van der Waals surface area (Å²) in [5.74, 6) is -0.901. The van der Waals surface area contributed by atoms with Crippen molar-refractivity contribution in [3.63, 3.8) is 0 Å². The molecular formula is C18H26Cl2O2. The van der Waals surface area contributed by atoms with Crippen molar-refractivity contribution in [2.75, 3.05) is 0 Å². The molecule has 0 aliphatic rings. The Hall–Kier alpha value is -0.730. The minimum Gasteiger partial charge on any atom is -0.480 e. The molecule has 0 amide bonds. The zero-order valence-electron chi connectivity index (χ0n) is 13.1. The molecule has 1 aromatic rings. The minimum absolute atomic E-state index is 0.581. The Balaban J connectivity index is 1.87. The summed E-state index contributed by atoms with van der Waals surface area (Å²) in [5, 5.41) is 8.75. The Morgan fingerprint density at radius 3 is 1.95 bits per heavy atom. The Morgan fingerprint density at radius 2 is 1.41 bits per heavy atom. The fourth-order valence-corrected chi connectivity index (χ4v) is 2.77. The smallest absolute Gasteiger partial charge is 0.321 e. The molecule has 1 rings (SSSR count). The van der Waals surface area contributed by atoms with Gasteiger partial charge in [0.05, 0.1) is 0 Å². The molecule has 1 aromatic carbocycles. The Labute approximate surface area is 143 Å². The number of halogens is 2. The van der Waals surface area contributed by atoms with Crippen molar-refractivity contribution in [1.82, 2.24) is 0 Å². The number of carboxylic acid groups (broad SMARTS) is 1. The largest absolute Gasteiger partial charge is 0.480 e. The monoisotopic (exact) mass is 344 g/mol. The first kappa shape index (κ1) is 19.3. The van der Waals surface area contributed by atoms with Crippen LogP contribution < -0.4 is 0 Å². The highest BCUT2D eigenvalue weighted by molar-refractivity contribution is 6.30. The number of carbonyl (C=O) groups is 1. The van der Waals surface area contributed by atoms with Gasteiger partial charge in [0.25, 0.3) is 0 Å². The van der Waals surface area contributed by atoms with Crippen LogP contribution in [0.1, 0.15) is 63.4 Å². The summed E-state index contributed by atoms with van der Waals surface area (Å²) in [7, 11) is 0. The first-order chi connectivity index (χ1) is 10.6. The van der Waals surface area contributed by atoms with Gasteiger partial charge in [-0.25, -0.2) is 0 Å². The van der Waals surface area contributed by atoms with Gasteiger partial charge >= 0.3 is 5.97 Å². The van der Waals surface area contributed by atoms with Crippen LogP contribution in [0.4, 0.5) is 0 Å². The van der Waals surface area contributed by atoms with Crippen LogP contribution in [0, 0.1) is 0 Å². The molecule has 1 N–H and O–H groups in total. The molecule has 0 heterocycles. The zero-order valence-corrected chi connectivity index (χ0v) is 14.6. The first-order valence-electron chi connectivity index (χ1n) is 8.21. The van der Waals surface area contributed by atoms with Crippen molar-refractivity contribution >= 4 is 29.2 Å². The molecule has 0 bridgehead atoms. The summed E-state index contributed by atoms with van der Waals surface area (Å²) >= 11 is 11.5. The van der Waals surface area contributed by atoms with Gasteiger partial charge in [0, 0.05) is 5.02 Å². The molecule has 0 fully saturated rings. The highest BCUT2D eigenvalue weighted by Gasteiger charge is 2.11. The highest BCUT2D eigenvalue weighted by atomic mass is 35.5. The maximum Gasteiger partial charge on any atom is 0.321 e. The molecular weight excluding hydrogens is 319 g/mol. The third-order valence-electron chi connectivity index (χ3n) is 3.85. The van der Waals surface area contributed by atoms with E-state index in [0.29, 0.717) is 6.42 Å². The summed E-state index contributed by atoms with van der Waals surface area (Å²) in [6, 6.07) is 8.10. The van der Waals surface area contributed by atoms with E-state index in [9.17, 15) is 4.79 Å². The van der Waals surface area contributed by atoms with E-state index in [4.69, 9.17) is 28.3 Å². The van der Waals surface area contributed by atoms with Crippen molar-refractivity contribution in [1.29, 1.82) is 0 Å². The van der Waals surface area contributed by atoms with E-state index >= 15 is 0 Å². The Morgan fingerprint density at radius 1 is 0.909 bits per heavy atom. The van der Waals surface area contributed by atoms with Crippen LogP contribution in [-0.4, -0.2) is 16.5 Å². The minimum atomic E-state index is -0.901. The molecule has 0 saturated carbocycles. The van der Waals surface area contributed by atoms with E-state index in [-0.39, 0.29) is 0 Å². The van der Waals surface area contributed by atoms with Gasteiger partial charge in [-0.2, -0.15) is 0 Å². The van der Waals surface area contributed by atoms with E-state index in [1.807, 2.05) is 12.1 Å². The van der Waals surface area contributed by atoms with Crippen LogP contribution in [0.15, 0.2) is 24.3 Å². The van der Waals surface area contributed by atoms with Crippen molar-refractivity contribution in [3.8, 4) is 0 Å². The van der Waals surface area contributed by atoms with Gasteiger partial charge in [-0.15, -0.1) is 11.6 Å². The molecule has 0 saturated heterocycles. The maximum atomic E-state index is 10.5. The molecule has 1 unspecified atom stereocenters. The summed E-state index contributed by atoms with van der Waals surface area (Å²) in [6.07, 6.45) is 11.2. The van der Waals surface area contributed by atoms with E-state index in [1.54, 1.807) is 0 Å². The van der Waals surface area contributed by atoms with E-state index in [2.05, 4.69) is 12.1 Å². The second-order valence-electron chi connectivity index (χ2n) is 5.80. The average molecular weight is 345 g/mol. The van der Waals surface area contributed by atoms with Crippen molar-refractivity contribution < 1.29 is 9.90 Å². The predicted molar refractivity (Wildman–Crippen MR) is 94.0 cm³/mol. The number of benzene rings is 1. The molecule has 0 aliphatic carbocycles. The number of unbranched alkanes of at least 4 members (excludes halogenated alkanes) is 7. The lowest BCUT2D eigenvalue weighted by molar-refractivity contribution is -0.136. The lowest BCUT2D eigenvalue weighted by Crippen LogP contribution is -2.12. The number of hydrogen-bond acceptors (Lipinski definition) is 1. The fraction of sp³-hybridized carbons (Fsp3) is 0.611. The summed E-state index contributed by atoms with van der Waals surface area (Å²) in [6.45, 7) is 0. The number of alkyl halides is 1. The quantitative estimate of drug-likeness (QED) is 0.368. The lowest BCUT2D eigenvalue weighted by atomic mass is 10.0. The van der Waals surface area contributed by atoms with Crippen LogP contribution >= 0.6 is 23.2 Å². The third-order valence-corrected chi connectivity index (χ3v) is 4.51. The normalized spacial score (nSPS) is 12.3. The SMILES string of the molecule is O=C(O)C(Cl)CCCCCCCCCCc1ccc(Cl)cc1. The van der Waals surface area contributed by atoms with Crippen molar-refractivity contribution in [2.45, 2.75) is 69.6 Å². The summed E-state index contributed by atoms with van der Waals surface area (Å²) in [5.41, 5.74) is 1.36. The van der Waals surface area contributed by atoms with Crippen molar-refractivity contribution in [2.24, 2.45) is 0 Å². The van der Waals surface area contributed by atoms with Gasteiger partial charge < -0.3 is 5.11 Å². The summed E-state index contributed by atoms with van der Waals surface area (Å²) in [4.78, 5) is 10.5. The molecule has 0 spiro atoms. The van der Waals surface area contributed by atoms with Crippen LogP contribution in [-0.2, 0) is 11.2 Å². The topological polar surface area (TPSA) is 37.3 Å². The number of carboxylic acids is 1. The molecule has 124 valence electrons. The standard InChI is InChI=1S/C18H26Cl2O2/c19-16-13-11-15(12-14-16)9-7-5-3-1-2-4-6-8-10-17(20)18(21)22/h11-14,17H,1-10H2,(H,21,22). The third kappa shape index (κ3) is 9.32.